The summed E-state index contributed by atoms with van der Waals surface area (Å²) >= 11 is 6.24. The van der Waals surface area contributed by atoms with Gasteiger partial charge in [-0.25, -0.2) is 9.69 Å². The molecule has 1 aliphatic heterocycles. The Morgan fingerprint density at radius 2 is 1.93 bits per heavy atom. The van der Waals surface area contributed by atoms with E-state index in [1.165, 1.54) is 7.11 Å². The van der Waals surface area contributed by atoms with Crippen LogP contribution in [0.15, 0.2) is 48.5 Å². The van der Waals surface area contributed by atoms with Crippen LogP contribution in [0.25, 0.3) is 0 Å². The number of ether oxygens (including phenoxy) is 2. The maximum absolute atomic E-state index is 13.9. The number of para-hydroxylation sites is 1. The summed E-state index contributed by atoms with van der Waals surface area (Å²) < 4.78 is 10.8. The van der Waals surface area contributed by atoms with E-state index in [-0.39, 0.29) is 6.42 Å². The Morgan fingerprint density at radius 1 is 1.23 bits per heavy atom. The number of carbonyl (C=O) groups is 2. The molecule has 2 aromatic carbocycles. The second-order valence-corrected chi connectivity index (χ2v) is 8.60. The summed E-state index contributed by atoms with van der Waals surface area (Å²) in [7, 11) is 1.53. The molecule has 0 fully saturated rings. The summed E-state index contributed by atoms with van der Waals surface area (Å²) in [4.78, 5) is 27.9. The number of anilines is 1. The maximum atomic E-state index is 13.9. The Kier molecular flexibility index (Phi) is 5.78. The molecule has 0 saturated carbocycles. The predicted octanol–water partition coefficient (Wildman–Crippen LogP) is 4.78. The number of hydrogen-bond acceptors (Lipinski definition) is 5. The molecule has 1 heterocycles. The minimum Gasteiger partial charge on any atom is -0.497 e. The van der Waals surface area contributed by atoms with Crippen LogP contribution in [-0.2, 0) is 14.9 Å². The normalized spacial score (nSPS) is 19.1. The van der Waals surface area contributed by atoms with Gasteiger partial charge in [0.2, 0.25) is 0 Å². The first kappa shape index (κ1) is 21.7. The SMILES string of the molecule is COc1cccc([C@@]2(C[C@H](Cl)C#N)C(=O)N(C(=O)OC(C)(C)C)c3ccccc32)c1. The zero-order valence-corrected chi connectivity index (χ0v) is 18.1. The molecule has 0 radical (unpaired) electrons. The number of hydrogen-bond donors (Lipinski definition) is 0. The fraction of sp³-hybridized carbons (Fsp3) is 0.348. The van der Waals surface area contributed by atoms with Gasteiger partial charge < -0.3 is 9.47 Å². The highest BCUT2D eigenvalue weighted by Gasteiger charge is 2.55. The first-order valence-electron chi connectivity index (χ1n) is 9.49. The monoisotopic (exact) mass is 426 g/mol. The summed E-state index contributed by atoms with van der Waals surface area (Å²) in [5.74, 6) is 0.0445. The quantitative estimate of drug-likeness (QED) is 0.657. The van der Waals surface area contributed by atoms with Crippen molar-refractivity contribution in [2.75, 3.05) is 12.0 Å². The molecular formula is C23H23ClN2O4. The van der Waals surface area contributed by atoms with Gasteiger partial charge in [0.25, 0.3) is 5.91 Å². The molecular weight excluding hydrogens is 404 g/mol. The van der Waals surface area contributed by atoms with Crippen LogP contribution in [0, 0.1) is 11.3 Å². The number of halogens is 1. The van der Waals surface area contributed by atoms with Crippen molar-refractivity contribution in [3.63, 3.8) is 0 Å². The van der Waals surface area contributed by atoms with Crippen molar-refractivity contribution in [1.29, 1.82) is 5.26 Å². The highest BCUT2D eigenvalue weighted by Crippen LogP contribution is 2.50. The number of rotatable bonds is 4. The maximum Gasteiger partial charge on any atom is 0.421 e. The highest BCUT2D eigenvalue weighted by molar-refractivity contribution is 6.25. The number of alkyl halides is 1. The van der Waals surface area contributed by atoms with E-state index in [1.54, 1.807) is 69.3 Å². The van der Waals surface area contributed by atoms with E-state index in [2.05, 4.69) is 0 Å². The Hall–Kier alpha value is -3.04. The van der Waals surface area contributed by atoms with Crippen LogP contribution in [0.3, 0.4) is 0 Å². The van der Waals surface area contributed by atoms with Gasteiger partial charge in [0.15, 0.2) is 0 Å². The zero-order chi connectivity index (χ0) is 22.1. The van der Waals surface area contributed by atoms with Crippen molar-refractivity contribution in [3.05, 3.63) is 59.7 Å². The highest BCUT2D eigenvalue weighted by atomic mass is 35.5. The molecule has 7 heteroatoms. The summed E-state index contributed by atoms with van der Waals surface area (Å²) in [5.41, 5.74) is -0.512. The summed E-state index contributed by atoms with van der Waals surface area (Å²) in [6, 6.07) is 16.0. The van der Waals surface area contributed by atoms with Crippen LogP contribution < -0.4 is 9.64 Å². The van der Waals surface area contributed by atoms with E-state index in [9.17, 15) is 14.9 Å². The van der Waals surface area contributed by atoms with Gasteiger partial charge in [0.05, 0.1) is 18.9 Å². The number of nitriles is 1. The number of nitrogens with zero attached hydrogens (tertiary/aromatic N) is 2. The summed E-state index contributed by atoms with van der Waals surface area (Å²) in [5, 5.41) is 8.44. The molecule has 3 rings (SSSR count). The van der Waals surface area contributed by atoms with Gasteiger partial charge in [-0.15, -0.1) is 11.6 Å². The van der Waals surface area contributed by atoms with Gasteiger partial charge in [-0.2, -0.15) is 5.26 Å². The van der Waals surface area contributed by atoms with Crippen molar-refractivity contribution < 1.29 is 19.1 Å². The Morgan fingerprint density at radius 3 is 2.57 bits per heavy atom. The Labute approximate surface area is 181 Å². The van der Waals surface area contributed by atoms with Crippen molar-refractivity contribution in [2.24, 2.45) is 0 Å². The topological polar surface area (TPSA) is 79.6 Å². The molecule has 156 valence electrons. The van der Waals surface area contributed by atoms with E-state index in [0.29, 0.717) is 22.6 Å². The van der Waals surface area contributed by atoms with E-state index >= 15 is 0 Å². The van der Waals surface area contributed by atoms with Crippen LogP contribution in [0.1, 0.15) is 38.3 Å². The average Bonchev–Trinajstić information content (AvgIpc) is 2.95. The lowest BCUT2D eigenvalue weighted by Crippen LogP contribution is -2.46. The third-order valence-electron chi connectivity index (χ3n) is 4.94. The largest absolute Gasteiger partial charge is 0.497 e. The molecule has 0 bridgehead atoms. The molecule has 1 aliphatic rings. The molecule has 2 amide bonds. The number of benzene rings is 2. The van der Waals surface area contributed by atoms with E-state index in [4.69, 9.17) is 21.1 Å². The van der Waals surface area contributed by atoms with Crippen LogP contribution in [0.4, 0.5) is 10.5 Å². The Bertz CT molecular complexity index is 1020. The molecule has 0 unspecified atom stereocenters. The van der Waals surface area contributed by atoms with Crippen LogP contribution in [-0.4, -0.2) is 30.1 Å². The minimum atomic E-state index is -1.33. The van der Waals surface area contributed by atoms with Gasteiger partial charge >= 0.3 is 6.09 Å². The summed E-state index contributed by atoms with van der Waals surface area (Å²) in [6.45, 7) is 5.20. The van der Waals surface area contributed by atoms with Crippen molar-refractivity contribution in [3.8, 4) is 11.8 Å². The first-order chi connectivity index (χ1) is 14.1. The number of imide groups is 1. The van der Waals surface area contributed by atoms with Crippen LogP contribution >= 0.6 is 11.6 Å². The average molecular weight is 427 g/mol. The molecule has 2 atom stereocenters. The molecule has 0 aromatic heterocycles. The lowest BCUT2D eigenvalue weighted by Gasteiger charge is -2.30. The van der Waals surface area contributed by atoms with Gasteiger partial charge in [0, 0.05) is 0 Å². The lowest BCUT2D eigenvalue weighted by atomic mass is 9.72. The molecule has 0 N–H and O–H groups in total. The zero-order valence-electron chi connectivity index (χ0n) is 17.3. The van der Waals surface area contributed by atoms with Crippen LogP contribution in [0.5, 0.6) is 5.75 Å². The molecule has 0 spiro atoms. The lowest BCUT2D eigenvalue weighted by molar-refractivity contribution is -0.121. The minimum absolute atomic E-state index is 0.00658. The predicted molar refractivity (Wildman–Crippen MR) is 114 cm³/mol. The number of carbonyl (C=O) groups excluding carboxylic acids is 2. The fourth-order valence-corrected chi connectivity index (χ4v) is 3.96. The first-order valence-corrected chi connectivity index (χ1v) is 9.93. The van der Waals surface area contributed by atoms with Gasteiger partial charge in [0.1, 0.15) is 22.1 Å². The van der Waals surface area contributed by atoms with Crippen molar-refractivity contribution in [2.45, 2.75) is 43.6 Å². The third kappa shape index (κ3) is 3.73. The third-order valence-corrected chi connectivity index (χ3v) is 5.19. The number of amides is 2. The Balaban J connectivity index is 2.25. The molecule has 6 nitrogen and oxygen atoms in total. The van der Waals surface area contributed by atoms with Crippen LogP contribution in [0.2, 0.25) is 0 Å². The second kappa shape index (κ2) is 8.00. The van der Waals surface area contributed by atoms with Crippen molar-refractivity contribution in [1.82, 2.24) is 0 Å². The molecule has 2 aromatic rings. The van der Waals surface area contributed by atoms with E-state index in [1.807, 2.05) is 6.07 Å². The van der Waals surface area contributed by atoms with Gasteiger partial charge in [-0.05, 0) is 56.5 Å². The fourth-order valence-electron chi connectivity index (χ4n) is 3.73. The standard InChI is InChI=1S/C23H23ClN2O4/c1-22(2,3)30-21(28)26-19-11-6-5-10-18(19)23(20(26)27,13-16(24)14-25)15-8-7-9-17(12-15)29-4/h5-12,16H,13H2,1-4H3/t16-,23+/m0/s1. The van der Waals surface area contributed by atoms with E-state index < -0.39 is 28.4 Å². The van der Waals surface area contributed by atoms with Gasteiger partial charge in [-0.3, -0.25) is 4.79 Å². The van der Waals surface area contributed by atoms with E-state index in [0.717, 1.165) is 4.90 Å². The smallest absolute Gasteiger partial charge is 0.421 e. The second-order valence-electron chi connectivity index (χ2n) is 8.08. The molecule has 30 heavy (non-hydrogen) atoms. The number of fused-ring (bicyclic) bond motifs is 1. The number of methoxy groups -OCH3 is 1. The van der Waals surface area contributed by atoms with Gasteiger partial charge in [-0.1, -0.05) is 30.3 Å². The molecule has 0 aliphatic carbocycles. The molecule has 0 saturated heterocycles. The summed E-state index contributed by atoms with van der Waals surface area (Å²) in [6.07, 6.45) is -0.777. The van der Waals surface area contributed by atoms with Crippen molar-refractivity contribution >= 4 is 29.3 Å².